The van der Waals surface area contributed by atoms with Crippen LogP contribution in [0.3, 0.4) is 0 Å². The summed E-state index contributed by atoms with van der Waals surface area (Å²) in [7, 11) is 1.54. The lowest BCUT2D eigenvalue weighted by molar-refractivity contribution is -0.141. The Morgan fingerprint density at radius 2 is 2.03 bits per heavy atom. The van der Waals surface area contributed by atoms with E-state index in [4.69, 9.17) is 9.47 Å². The van der Waals surface area contributed by atoms with Gasteiger partial charge in [0, 0.05) is 37.4 Å². The van der Waals surface area contributed by atoms with Crippen LogP contribution in [0.4, 0.5) is 15.9 Å². The molecule has 1 atom stereocenters. The van der Waals surface area contributed by atoms with Crippen molar-refractivity contribution in [2.45, 2.75) is 32.0 Å². The highest BCUT2D eigenvalue weighted by molar-refractivity contribution is 9.10. The van der Waals surface area contributed by atoms with E-state index in [1.165, 1.54) is 13.3 Å². The zero-order chi connectivity index (χ0) is 23.5. The van der Waals surface area contributed by atoms with Gasteiger partial charge in [-0.1, -0.05) is 6.07 Å². The first-order valence-corrected chi connectivity index (χ1v) is 11.3. The van der Waals surface area contributed by atoms with Crippen molar-refractivity contribution in [3.05, 3.63) is 46.9 Å². The van der Waals surface area contributed by atoms with E-state index in [-0.39, 0.29) is 17.7 Å². The normalized spacial score (nSPS) is 15.4. The van der Waals surface area contributed by atoms with Crippen molar-refractivity contribution in [3.63, 3.8) is 0 Å². The lowest BCUT2D eigenvalue weighted by Gasteiger charge is -2.33. The number of nitrogens with zero attached hydrogens (tertiary/aromatic N) is 3. The van der Waals surface area contributed by atoms with Gasteiger partial charge in [0.2, 0.25) is 0 Å². The number of piperidine rings is 1. The van der Waals surface area contributed by atoms with Gasteiger partial charge in [-0.25, -0.2) is 14.4 Å². The first kappa shape index (κ1) is 23.2. The van der Waals surface area contributed by atoms with Gasteiger partial charge in [0.15, 0.2) is 17.3 Å². The highest BCUT2D eigenvalue weighted by Crippen LogP contribution is 2.36. The predicted octanol–water partition coefficient (Wildman–Crippen LogP) is 4.03. The Kier molecular flexibility index (Phi) is 6.94. The number of halogens is 2. The van der Waals surface area contributed by atoms with Crippen LogP contribution < -0.4 is 14.8 Å². The van der Waals surface area contributed by atoms with Gasteiger partial charge >= 0.3 is 0 Å². The van der Waals surface area contributed by atoms with Crippen LogP contribution in [0.1, 0.15) is 19.8 Å². The van der Waals surface area contributed by atoms with Crippen molar-refractivity contribution in [2.24, 2.45) is 0 Å². The van der Waals surface area contributed by atoms with E-state index in [0.717, 1.165) is 0 Å². The molecule has 1 aliphatic rings. The third kappa shape index (κ3) is 5.01. The number of likely N-dealkylation sites (tertiary alicyclic amines) is 1. The minimum absolute atomic E-state index is 0.107. The number of aromatic nitrogens is 2. The number of nitrogens with one attached hydrogen (secondary N) is 1. The van der Waals surface area contributed by atoms with Gasteiger partial charge in [0.05, 0.1) is 22.8 Å². The number of rotatable bonds is 6. The molecular formula is C23H24BrFN4O4. The molecule has 0 unspecified atom stereocenters. The quantitative estimate of drug-likeness (QED) is 0.508. The molecule has 1 saturated heterocycles. The third-order valence-corrected chi connectivity index (χ3v) is 6.14. The molecule has 4 rings (SSSR count). The van der Waals surface area contributed by atoms with Gasteiger partial charge in [0.1, 0.15) is 24.4 Å². The van der Waals surface area contributed by atoms with E-state index in [1.54, 1.807) is 42.3 Å². The molecule has 1 amide bonds. The second-order valence-electron chi connectivity index (χ2n) is 7.79. The fourth-order valence-electron chi connectivity index (χ4n) is 3.78. The SMILES string of the molecule is COc1cc2c(Nc3cccc(Br)c3F)ncnc2cc1OC1CCN(C(=O)[C@@H](C)O)CC1. The van der Waals surface area contributed by atoms with Crippen molar-refractivity contribution in [1.82, 2.24) is 14.9 Å². The van der Waals surface area contributed by atoms with Crippen molar-refractivity contribution >= 4 is 44.2 Å². The largest absolute Gasteiger partial charge is 0.493 e. The molecule has 0 bridgehead atoms. The van der Waals surface area contributed by atoms with Crippen LogP contribution >= 0.6 is 15.9 Å². The lowest BCUT2D eigenvalue weighted by atomic mass is 10.1. The summed E-state index contributed by atoms with van der Waals surface area (Å²) in [6.45, 7) is 2.50. The number of methoxy groups -OCH3 is 1. The minimum atomic E-state index is -1.00. The number of fused-ring (bicyclic) bond motifs is 1. The molecule has 0 radical (unpaired) electrons. The second-order valence-corrected chi connectivity index (χ2v) is 8.64. The smallest absolute Gasteiger partial charge is 0.251 e. The van der Waals surface area contributed by atoms with Crippen molar-refractivity contribution < 1.29 is 23.8 Å². The topological polar surface area (TPSA) is 96.8 Å². The average Bonchev–Trinajstić information content (AvgIpc) is 2.81. The summed E-state index contributed by atoms with van der Waals surface area (Å²) in [5.41, 5.74) is 0.891. The molecule has 2 N–H and O–H groups in total. The monoisotopic (exact) mass is 518 g/mol. The van der Waals surface area contributed by atoms with Crippen LogP contribution in [-0.4, -0.2) is 58.3 Å². The number of carbonyl (C=O) groups excluding carboxylic acids is 1. The molecule has 3 aromatic rings. The summed E-state index contributed by atoms with van der Waals surface area (Å²) in [6, 6.07) is 8.50. The van der Waals surface area contributed by atoms with Crippen LogP contribution in [0.5, 0.6) is 11.5 Å². The number of aliphatic hydroxyl groups is 1. The summed E-state index contributed by atoms with van der Waals surface area (Å²) in [6.07, 6.45) is 1.56. The molecule has 1 fully saturated rings. The number of hydrogen-bond acceptors (Lipinski definition) is 7. The molecule has 1 aromatic heterocycles. The first-order chi connectivity index (χ1) is 15.9. The van der Waals surface area contributed by atoms with Gasteiger partial charge < -0.3 is 24.8 Å². The Morgan fingerprint density at radius 1 is 1.27 bits per heavy atom. The van der Waals surface area contributed by atoms with Gasteiger partial charge in [-0.05, 0) is 41.1 Å². The van der Waals surface area contributed by atoms with E-state index >= 15 is 0 Å². The van der Waals surface area contributed by atoms with Crippen LogP contribution in [0, 0.1) is 5.82 Å². The molecule has 0 spiro atoms. The number of hydrogen-bond donors (Lipinski definition) is 2. The predicted molar refractivity (Wildman–Crippen MR) is 125 cm³/mol. The standard InChI is InChI=1S/C23H24BrFN4O4/c1-13(30)23(31)29-8-6-14(7-9-29)33-20-11-18-15(10-19(20)32-2)22(27-12-26-18)28-17-5-3-4-16(24)21(17)25/h3-5,10-14,30H,6-9H2,1-2H3,(H,26,27,28)/t13-/m1/s1. The summed E-state index contributed by atoms with van der Waals surface area (Å²) in [5, 5.41) is 13.2. The van der Waals surface area contributed by atoms with Gasteiger partial charge in [-0.3, -0.25) is 4.79 Å². The number of anilines is 2. The molecular weight excluding hydrogens is 495 g/mol. The van der Waals surface area contributed by atoms with Crippen LogP contribution in [-0.2, 0) is 4.79 Å². The summed E-state index contributed by atoms with van der Waals surface area (Å²) in [4.78, 5) is 22.2. The highest BCUT2D eigenvalue weighted by Gasteiger charge is 2.27. The number of ether oxygens (including phenoxy) is 2. The van der Waals surface area contributed by atoms with Gasteiger partial charge in [0.25, 0.3) is 5.91 Å². The Morgan fingerprint density at radius 3 is 2.73 bits per heavy atom. The molecule has 2 heterocycles. The number of aliphatic hydroxyl groups excluding tert-OH is 1. The molecule has 8 nitrogen and oxygen atoms in total. The van der Waals surface area contributed by atoms with Crippen LogP contribution in [0.2, 0.25) is 0 Å². The maximum absolute atomic E-state index is 14.4. The first-order valence-electron chi connectivity index (χ1n) is 10.5. The van der Waals surface area contributed by atoms with Crippen molar-refractivity contribution in [3.8, 4) is 11.5 Å². The molecule has 174 valence electrons. The highest BCUT2D eigenvalue weighted by atomic mass is 79.9. The third-order valence-electron chi connectivity index (χ3n) is 5.53. The Balaban J connectivity index is 1.56. The number of amides is 1. The maximum atomic E-state index is 14.4. The average molecular weight is 519 g/mol. The van der Waals surface area contributed by atoms with E-state index in [1.807, 2.05) is 0 Å². The van der Waals surface area contributed by atoms with Crippen LogP contribution in [0.15, 0.2) is 41.1 Å². The zero-order valence-electron chi connectivity index (χ0n) is 18.2. The maximum Gasteiger partial charge on any atom is 0.251 e. The van der Waals surface area contributed by atoms with Crippen molar-refractivity contribution in [2.75, 3.05) is 25.5 Å². The summed E-state index contributed by atoms with van der Waals surface area (Å²) in [5.74, 6) is 0.778. The second kappa shape index (κ2) is 9.88. The van der Waals surface area contributed by atoms with Crippen molar-refractivity contribution in [1.29, 1.82) is 0 Å². The molecule has 1 aliphatic heterocycles. The van der Waals surface area contributed by atoms with E-state index < -0.39 is 11.9 Å². The fraction of sp³-hybridized carbons (Fsp3) is 0.348. The molecule has 0 aliphatic carbocycles. The zero-order valence-corrected chi connectivity index (χ0v) is 19.8. The van der Waals surface area contributed by atoms with Gasteiger partial charge in [-0.15, -0.1) is 0 Å². The lowest BCUT2D eigenvalue weighted by Crippen LogP contribution is -2.45. The Hall–Kier alpha value is -2.98. The van der Waals surface area contributed by atoms with Crippen LogP contribution in [0.25, 0.3) is 10.9 Å². The van der Waals surface area contributed by atoms with E-state index in [2.05, 4.69) is 31.2 Å². The molecule has 33 heavy (non-hydrogen) atoms. The Bertz CT molecular complexity index is 1170. The van der Waals surface area contributed by atoms with E-state index in [9.17, 15) is 14.3 Å². The fourth-order valence-corrected chi connectivity index (χ4v) is 4.15. The van der Waals surface area contributed by atoms with Gasteiger partial charge in [-0.2, -0.15) is 0 Å². The van der Waals surface area contributed by atoms with E-state index in [0.29, 0.717) is 58.6 Å². The molecule has 0 saturated carbocycles. The summed E-state index contributed by atoms with van der Waals surface area (Å²) < 4.78 is 26.5. The minimum Gasteiger partial charge on any atom is -0.493 e. The summed E-state index contributed by atoms with van der Waals surface area (Å²) >= 11 is 3.19. The number of carbonyl (C=O) groups is 1. The Labute approximate surface area is 198 Å². The molecule has 10 heteroatoms. The number of benzene rings is 2. The molecule has 2 aromatic carbocycles.